The summed E-state index contributed by atoms with van der Waals surface area (Å²) in [4.78, 5) is 6.22. The molecule has 1 aromatic rings. The molecule has 0 amide bonds. The lowest BCUT2D eigenvalue weighted by atomic mass is 9.76. The Labute approximate surface area is 222 Å². The largest absolute Gasteiger partial charge is 0.388 e. The van der Waals surface area contributed by atoms with Gasteiger partial charge < -0.3 is 5.11 Å². The average Bonchev–Trinajstić information content (AvgIpc) is 2.81. The Morgan fingerprint density at radius 3 is 2.37 bits per heavy atom. The van der Waals surface area contributed by atoms with Crippen molar-refractivity contribution < 1.29 is 9.94 Å². The molecule has 1 saturated carbocycles. The molecule has 35 heavy (non-hydrogen) atoms. The molecule has 3 rings (SSSR count). The zero-order valence-corrected chi connectivity index (χ0v) is 23.6. The first kappa shape index (κ1) is 29.7. The van der Waals surface area contributed by atoms with Crippen LogP contribution in [0.15, 0.2) is 71.3 Å². The summed E-state index contributed by atoms with van der Waals surface area (Å²) < 4.78 is 0. The lowest BCUT2D eigenvalue weighted by molar-refractivity contribution is -0.0656. The maximum absolute atomic E-state index is 11.0. The third-order valence-corrected chi connectivity index (χ3v) is 7.25. The van der Waals surface area contributed by atoms with Crippen molar-refractivity contribution in [1.82, 2.24) is 0 Å². The van der Waals surface area contributed by atoms with E-state index >= 15 is 0 Å². The van der Waals surface area contributed by atoms with Crippen molar-refractivity contribution in [1.29, 1.82) is 0 Å². The number of allylic oxidation sites excluding steroid dienone is 5. The summed E-state index contributed by atoms with van der Waals surface area (Å²) in [6.07, 6.45) is 13.9. The Hall–Kier alpha value is -1.52. The van der Waals surface area contributed by atoms with Crippen LogP contribution >= 0.6 is 23.2 Å². The molecule has 0 aliphatic heterocycles. The summed E-state index contributed by atoms with van der Waals surface area (Å²) in [5, 5.41) is 12.4. The van der Waals surface area contributed by atoms with E-state index in [4.69, 9.17) is 28.0 Å². The highest BCUT2D eigenvalue weighted by molar-refractivity contribution is 6.33. The zero-order chi connectivity index (χ0) is 26.1. The number of hydrogen-bond acceptors (Lipinski definition) is 3. The number of hydrogen-bond donors (Lipinski definition) is 2. The van der Waals surface area contributed by atoms with Crippen molar-refractivity contribution >= 4 is 28.9 Å². The van der Waals surface area contributed by atoms with Crippen molar-refractivity contribution in [3.8, 4) is 0 Å². The Balaban J connectivity index is 0.00000100. The van der Waals surface area contributed by atoms with Gasteiger partial charge in [0.05, 0.1) is 22.4 Å². The van der Waals surface area contributed by atoms with Gasteiger partial charge in [-0.3, -0.25) is 10.3 Å². The molecular formula is C30H43Cl2NO2. The normalized spacial score (nSPS) is 22.7. The second-order valence-corrected chi connectivity index (χ2v) is 11.7. The molecular weight excluding hydrogens is 477 g/mol. The predicted molar refractivity (Wildman–Crippen MR) is 152 cm³/mol. The summed E-state index contributed by atoms with van der Waals surface area (Å²) in [5.41, 5.74) is 5.08. The van der Waals surface area contributed by atoms with Crippen LogP contribution in [0.4, 0.5) is 5.69 Å². The third-order valence-electron chi connectivity index (χ3n) is 6.64. The molecule has 0 saturated heterocycles. The maximum Gasteiger partial charge on any atom is 0.0988 e. The molecule has 0 bridgehead atoms. The number of nitrogens with one attached hydrogen (secondary N) is 1. The van der Waals surface area contributed by atoms with Crippen LogP contribution in [0.1, 0.15) is 79.6 Å². The summed E-state index contributed by atoms with van der Waals surface area (Å²) in [6, 6.07) is 7.52. The molecule has 2 aliphatic carbocycles. The fraction of sp³-hybridized carbons (Fsp3) is 0.533. The molecule has 2 aliphatic rings. The monoisotopic (exact) mass is 519 g/mol. The van der Waals surface area contributed by atoms with Gasteiger partial charge in [0.15, 0.2) is 0 Å². The Bertz CT molecular complexity index is 925. The number of benzene rings is 1. The number of rotatable bonds is 8. The number of anilines is 1. The smallest absolute Gasteiger partial charge is 0.0988 e. The maximum atomic E-state index is 11.0. The molecule has 3 nitrogen and oxygen atoms in total. The minimum Gasteiger partial charge on any atom is -0.388 e. The van der Waals surface area contributed by atoms with E-state index in [0.717, 1.165) is 54.3 Å². The highest BCUT2D eigenvalue weighted by Gasteiger charge is 2.37. The topological polar surface area (TPSA) is 41.5 Å². The minimum atomic E-state index is -0.684. The van der Waals surface area contributed by atoms with Gasteiger partial charge in [-0.2, -0.15) is 0 Å². The molecule has 0 spiro atoms. The van der Waals surface area contributed by atoms with Gasteiger partial charge in [-0.15, -0.1) is 0 Å². The van der Waals surface area contributed by atoms with Gasteiger partial charge in [0.25, 0.3) is 0 Å². The van der Waals surface area contributed by atoms with E-state index in [0.29, 0.717) is 17.0 Å². The lowest BCUT2D eigenvalue weighted by Crippen LogP contribution is -2.40. The third kappa shape index (κ3) is 9.46. The Kier molecular flexibility index (Phi) is 11.6. The van der Waals surface area contributed by atoms with E-state index in [-0.39, 0.29) is 5.41 Å². The fourth-order valence-corrected chi connectivity index (χ4v) is 4.59. The molecule has 194 valence electrons. The molecule has 2 N–H and O–H groups in total. The summed E-state index contributed by atoms with van der Waals surface area (Å²) in [5.74, 6) is 0.833. The first-order valence-electron chi connectivity index (χ1n) is 12.8. The number of aliphatic hydroxyl groups excluding tert-OH is 1. The van der Waals surface area contributed by atoms with Crippen LogP contribution in [0.25, 0.3) is 0 Å². The second kappa shape index (κ2) is 13.7. The van der Waals surface area contributed by atoms with Gasteiger partial charge in [-0.25, -0.2) is 0 Å². The van der Waals surface area contributed by atoms with Crippen LogP contribution in [0.3, 0.4) is 0 Å². The van der Waals surface area contributed by atoms with E-state index in [1.165, 1.54) is 6.42 Å². The van der Waals surface area contributed by atoms with Crippen LogP contribution in [0.5, 0.6) is 0 Å². The standard InChI is InChI=1S/C26H33Cl2NO2.C4H10/c1-19(17-20(2)25(3)15-11-21(27)12-16-25)24(30)18-26(13-7-4-8-14-26)31-29-23-10-6-5-9-22(23)28;1-4(2)3/h5-6,9-12,15,17,24,29-30H,1,4,7-8,13-14,16,18H2,2-3H3;4H,1-3H3/b20-17+;. The molecule has 5 heteroatoms. The average molecular weight is 521 g/mol. The van der Waals surface area contributed by atoms with Gasteiger partial charge in [0.2, 0.25) is 0 Å². The minimum absolute atomic E-state index is 0.119. The number of aliphatic hydroxyl groups is 1. The second-order valence-electron chi connectivity index (χ2n) is 10.8. The highest BCUT2D eigenvalue weighted by Crippen LogP contribution is 2.40. The van der Waals surface area contributed by atoms with Crippen molar-refractivity contribution in [2.45, 2.75) is 91.3 Å². The highest BCUT2D eigenvalue weighted by atomic mass is 35.5. The molecule has 2 unspecified atom stereocenters. The SMILES string of the molecule is C=C(/C=C(\C)C1(C)C=CC(Cl)=CC1)C(O)CC1(ONc2ccccc2Cl)CCCCC1.CC(C)C. The van der Waals surface area contributed by atoms with Crippen LogP contribution in [-0.4, -0.2) is 16.8 Å². The van der Waals surface area contributed by atoms with E-state index in [1.54, 1.807) is 0 Å². The molecule has 2 atom stereocenters. The van der Waals surface area contributed by atoms with Crippen molar-refractivity contribution in [3.63, 3.8) is 0 Å². The van der Waals surface area contributed by atoms with E-state index in [9.17, 15) is 5.11 Å². The fourth-order valence-electron chi connectivity index (χ4n) is 4.28. The van der Waals surface area contributed by atoms with Crippen molar-refractivity contribution in [2.75, 3.05) is 5.48 Å². The van der Waals surface area contributed by atoms with Crippen molar-refractivity contribution in [3.05, 3.63) is 76.3 Å². The van der Waals surface area contributed by atoms with Crippen LogP contribution in [0.2, 0.25) is 5.02 Å². The summed E-state index contributed by atoms with van der Waals surface area (Å²) in [7, 11) is 0. The first-order chi connectivity index (χ1) is 16.5. The van der Waals surface area contributed by atoms with Gasteiger partial charge >= 0.3 is 0 Å². The van der Waals surface area contributed by atoms with Crippen LogP contribution in [-0.2, 0) is 4.84 Å². The summed E-state index contributed by atoms with van der Waals surface area (Å²) >= 11 is 12.3. The number of para-hydroxylation sites is 1. The number of halogens is 2. The molecule has 0 radical (unpaired) electrons. The van der Waals surface area contributed by atoms with Gasteiger partial charge in [-0.05, 0) is 55.9 Å². The first-order valence-corrected chi connectivity index (χ1v) is 13.5. The predicted octanol–water partition coefficient (Wildman–Crippen LogP) is 9.39. The quantitative estimate of drug-likeness (QED) is 0.265. The Morgan fingerprint density at radius 2 is 1.80 bits per heavy atom. The van der Waals surface area contributed by atoms with Crippen molar-refractivity contribution in [2.24, 2.45) is 11.3 Å². The van der Waals surface area contributed by atoms with Crippen LogP contribution < -0.4 is 5.48 Å². The molecule has 1 aromatic carbocycles. The molecule has 0 aromatic heterocycles. The van der Waals surface area contributed by atoms with E-state index in [2.05, 4.69) is 52.8 Å². The van der Waals surface area contributed by atoms with Crippen LogP contribution in [0, 0.1) is 11.3 Å². The molecule has 0 heterocycles. The molecule has 1 fully saturated rings. The lowest BCUT2D eigenvalue weighted by Gasteiger charge is -2.38. The Morgan fingerprint density at radius 1 is 1.17 bits per heavy atom. The van der Waals surface area contributed by atoms with Gasteiger partial charge in [-0.1, -0.05) is 113 Å². The van der Waals surface area contributed by atoms with E-state index in [1.807, 2.05) is 42.5 Å². The van der Waals surface area contributed by atoms with E-state index < -0.39 is 11.7 Å². The van der Waals surface area contributed by atoms with Gasteiger partial charge in [0.1, 0.15) is 0 Å². The zero-order valence-electron chi connectivity index (χ0n) is 22.0. The van der Waals surface area contributed by atoms with Gasteiger partial charge in [0, 0.05) is 16.9 Å². The summed E-state index contributed by atoms with van der Waals surface area (Å²) in [6.45, 7) is 14.9.